The molecule has 0 amide bonds. The van der Waals surface area contributed by atoms with E-state index >= 15 is 0 Å². The highest BCUT2D eigenvalue weighted by atomic mass is 14.9. The summed E-state index contributed by atoms with van der Waals surface area (Å²) in [6.45, 7) is 9.26. The molecule has 1 N–H and O–H groups in total. The largest absolute Gasteiger partial charge is 0.312 e. The Morgan fingerprint density at radius 1 is 1.31 bits per heavy atom. The third-order valence-electron chi connectivity index (χ3n) is 3.62. The van der Waals surface area contributed by atoms with E-state index in [0.29, 0.717) is 11.5 Å². The molecule has 0 aromatic heterocycles. The summed E-state index contributed by atoms with van der Waals surface area (Å²) in [6.07, 6.45) is 6.92. The molecular weight excluding hydrogens is 158 g/mol. The molecule has 0 aromatic carbocycles. The van der Waals surface area contributed by atoms with E-state index in [0.717, 1.165) is 6.04 Å². The van der Waals surface area contributed by atoms with Crippen molar-refractivity contribution in [3.63, 3.8) is 0 Å². The van der Waals surface area contributed by atoms with Gasteiger partial charge in [0, 0.05) is 12.1 Å². The van der Waals surface area contributed by atoms with Gasteiger partial charge in [-0.1, -0.05) is 34.1 Å². The van der Waals surface area contributed by atoms with Gasteiger partial charge >= 0.3 is 0 Å². The number of rotatable bonds is 3. The molecule has 0 radical (unpaired) electrons. The van der Waals surface area contributed by atoms with Gasteiger partial charge in [-0.2, -0.15) is 0 Å². The molecule has 0 bridgehead atoms. The maximum Gasteiger partial charge on any atom is 0.00698 e. The van der Waals surface area contributed by atoms with Gasteiger partial charge in [0.1, 0.15) is 0 Å². The molecule has 78 valence electrons. The molecule has 0 spiro atoms. The average Bonchev–Trinajstić information content (AvgIpc) is 2.09. The zero-order valence-electron chi connectivity index (χ0n) is 9.69. The third-order valence-corrected chi connectivity index (χ3v) is 3.62. The van der Waals surface area contributed by atoms with E-state index < -0.39 is 0 Å². The van der Waals surface area contributed by atoms with Crippen molar-refractivity contribution >= 4 is 0 Å². The maximum atomic E-state index is 3.64. The summed E-state index contributed by atoms with van der Waals surface area (Å²) in [5.74, 6) is 0. The first-order valence-electron chi connectivity index (χ1n) is 5.82. The third kappa shape index (κ3) is 3.30. The minimum Gasteiger partial charge on any atom is -0.312 e. The van der Waals surface area contributed by atoms with Gasteiger partial charge in [-0.15, -0.1) is 0 Å². The van der Waals surface area contributed by atoms with Gasteiger partial charge in [0.2, 0.25) is 0 Å². The molecule has 1 saturated carbocycles. The van der Waals surface area contributed by atoms with Crippen LogP contribution in [-0.2, 0) is 0 Å². The Labute approximate surface area is 83.3 Å². The standard InChI is InChI=1S/C12H25N/c1-5-12(4)8-6-11(7-9-12)13-10(2)3/h10-11,13H,5-9H2,1-4H3. The van der Waals surface area contributed by atoms with E-state index in [1.807, 2.05) is 0 Å². The van der Waals surface area contributed by atoms with E-state index in [-0.39, 0.29) is 0 Å². The highest BCUT2D eigenvalue weighted by molar-refractivity contribution is 4.84. The lowest BCUT2D eigenvalue weighted by molar-refractivity contribution is 0.173. The zero-order valence-corrected chi connectivity index (χ0v) is 9.69. The van der Waals surface area contributed by atoms with E-state index in [1.54, 1.807) is 0 Å². The minimum atomic E-state index is 0.648. The van der Waals surface area contributed by atoms with Crippen LogP contribution in [0.25, 0.3) is 0 Å². The average molecular weight is 183 g/mol. The molecule has 0 heterocycles. The number of hydrogen-bond donors (Lipinski definition) is 1. The van der Waals surface area contributed by atoms with Crippen molar-refractivity contribution in [2.24, 2.45) is 5.41 Å². The van der Waals surface area contributed by atoms with E-state index in [4.69, 9.17) is 0 Å². The fourth-order valence-electron chi connectivity index (χ4n) is 2.31. The first-order chi connectivity index (χ1) is 6.06. The first-order valence-corrected chi connectivity index (χ1v) is 5.82. The summed E-state index contributed by atoms with van der Waals surface area (Å²) in [5.41, 5.74) is 0.648. The van der Waals surface area contributed by atoms with Crippen molar-refractivity contribution in [2.75, 3.05) is 0 Å². The molecule has 0 unspecified atom stereocenters. The topological polar surface area (TPSA) is 12.0 Å². The quantitative estimate of drug-likeness (QED) is 0.707. The Morgan fingerprint density at radius 2 is 1.85 bits per heavy atom. The van der Waals surface area contributed by atoms with Gasteiger partial charge in [-0.25, -0.2) is 0 Å². The zero-order chi connectivity index (χ0) is 9.90. The molecule has 1 rings (SSSR count). The van der Waals surface area contributed by atoms with Crippen LogP contribution in [0, 0.1) is 5.41 Å². The van der Waals surface area contributed by atoms with Crippen LogP contribution in [0.5, 0.6) is 0 Å². The summed E-state index contributed by atoms with van der Waals surface area (Å²) in [6, 6.07) is 1.44. The van der Waals surface area contributed by atoms with Crippen LogP contribution in [0.3, 0.4) is 0 Å². The van der Waals surface area contributed by atoms with E-state index in [2.05, 4.69) is 33.0 Å². The molecular formula is C12H25N. The molecule has 1 heteroatoms. The molecule has 1 nitrogen and oxygen atoms in total. The summed E-state index contributed by atoms with van der Waals surface area (Å²) >= 11 is 0. The Balaban J connectivity index is 2.30. The highest BCUT2D eigenvalue weighted by Crippen LogP contribution is 2.38. The predicted molar refractivity (Wildman–Crippen MR) is 58.9 cm³/mol. The monoisotopic (exact) mass is 183 g/mol. The predicted octanol–water partition coefficient (Wildman–Crippen LogP) is 3.34. The molecule has 0 atom stereocenters. The minimum absolute atomic E-state index is 0.648. The molecule has 0 aliphatic heterocycles. The molecule has 1 fully saturated rings. The van der Waals surface area contributed by atoms with Crippen LogP contribution in [0.15, 0.2) is 0 Å². The number of hydrogen-bond acceptors (Lipinski definition) is 1. The van der Waals surface area contributed by atoms with Crippen LogP contribution in [0.2, 0.25) is 0 Å². The second kappa shape index (κ2) is 4.45. The number of nitrogens with one attached hydrogen (secondary N) is 1. The molecule has 0 aromatic rings. The molecule has 0 saturated heterocycles. The van der Waals surface area contributed by atoms with Crippen molar-refractivity contribution in [3.8, 4) is 0 Å². The van der Waals surface area contributed by atoms with Gasteiger partial charge < -0.3 is 5.32 Å². The molecule has 1 aliphatic carbocycles. The van der Waals surface area contributed by atoms with Crippen LogP contribution in [0.4, 0.5) is 0 Å². The first kappa shape index (κ1) is 11.0. The Morgan fingerprint density at radius 3 is 2.23 bits per heavy atom. The van der Waals surface area contributed by atoms with Gasteiger partial charge in [-0.05, 0) is 31.1 Å². The van der Waals surface area contributed by atoms with Gasteiger partial charge in [0.05, 0.1) is 0 Å². The maximum absolute atomic E-state index is 3.64. The van der Waals surface area contributed by atoms with E-state index in [9.17, 15) is 0 Å². The van der Waals surface area contributed by atoms with Gasteiger partial charge in [-0.3, -0.25) is 0 Å². The van der Waals surface area contributed by atoms with Crippen LogP contribution < -0.4 is 5.32 Å². The second-order valence-corrected chi connectivity index (χ2v) is 5.26. The summed E-state index contributed by atoms with van der Waals surface area (Å²) < 4.78 is 0. The summed E-state index contributed by atoms with van der Waals surface area (Å²) in [5, 5.41) is 3.64. The fourth-order valence-corrected chi connectivity index (χ4v) is 2.31. The summed E-state index contributed by atoms with van der Waals surface area (Å²) in [4.78, 5) is 0. The van der Waals surface area contributed by atoms with Crippen molar-refractivity contribution in [3.05, 3.63) is 0 Å². The summed E-state index contributed by atoms with van der Waals surface area (Å²) in [7, 11) is 0. The van der Waals surface area contributed by atoms with Gasteiger partial charge in [0.15, 0.2) is 0 Å². The van der Waals surface area contributed by atoms with Crippen LogP contribution in [0.1, 0.15) is 59.8 Å². The lowest BCUT2D eigenvalue weighted by Gasteiger charge is -2.37. The van der Waals surface area contributed by atoms with Crippen LogP contribution >= 0.6 is 0 Å². The molecule has 1 aliphatic rings. The lowest BCUT2D eigenvalue weighted by atomic mass is 9.72. The van der Waals surface area contributed by atoms with Gasteiger partial charge in [0.25, 0.3) is 0 Å². The van der Waals surface area contributed by atoms with Crippen LogP contribution in [-0.4, -0.2) is 12.1 Å². The highest BCUT2D eigenvalue weighted by Gasteiger charge is 2.29. The fraction of sp³-hybridized carbons (Fsp3) is 1.00. The second-order valence-electron chi connectivity index (χ2n) is 5.26. The lowest BCUT2D eigenvalue weighted by Crippen LogP contribution is -2.39. The Bertz CT molecular complexity index is 143. The van der Waals surface area contributed by atoms with E-state index in [1.165, 1.54) is 32.1 Å². The normalized spacial score (nSPS) is 35.3. The van der Waals surface area contributed by atoms with Crippen molar-refractivity contribution in [1.29, 1.82) is 0 Å². The van der Waals surface area contributed by atoms with Crippen molar-refractivity contribution < 1.29 is 0 Å². The Kier molecular flexibility index (Phi) is 3.78. The smallest absolute Gasteiger partial charge is 0.00698 e. The molecule has 13 heavy (non-hydrogen) atoms. The Hall–Kier alpha value is -0.0400. The van der Waals surface area contributed by atoms with Crippen molar-refractivity contribution in [1.82, 2.24) is 5.32 Å². The van der Waals surface area contributed by atoms with Crippen molar-refractivity contribution in [2.45, 2.75) is 71.9 Å². The SMILES string of the molecule is CCC1(C)CCC(NC(C)C)CC1.